The van der Waals surface area contributed by atoms with Gasteiger partial charge in [-0.15, -0.1) is 0 Å². The zero-order valence-electron chi connectivity index (χ0n) is 11.9. The van der Waals surface area contributed by atoms with Crippen molar-refractivity contribution in [2.75, 3.05) is 25.1 Å². The Hall–Kier alpha value is -0.880. The van der Waals surface area contributed by atoms with Gasteiger partial charge in [0, 0.05) is 26.3 Å². The molecule has 2 heterocycles. The summed E-state index contributed by atoms with van der Waals surface area (Å²) < 4.78 is 7.45. The normalized spacial score (nSPS) is 18.4. The van der Waals surface area contributed by atoms with E-state index in [2.05, 4.69) is 33.3 Å². The van der Waals surface area contributed by atoms with Crippen molar-refractivity contribution >= 4 is 21.6 Å². The summed E-state index contributed by atoms with van der Waals surface area (Å²) in [5.41, 5.74) is 0.717. The van der Waals surface area contributed by atoms with Crippen LogP contribution in [0.5, 0.6) is 0 Å². The molecule has 0 amide bonds. The number of aromatic nitrogens is 2. The molecule has 0 spiro atoms. The smallest absolute Gasteiger partial charge is 0.283 e. The standard InChI is InChI=1S/C14H22BrN3O2/c1-2-3-7-18-14(19)13(15)12(9-17-18)16-6-4-11-5-8-20-10-11/h9,11,16H,2-8,10H2,1H3. The number of aryl methyl sites for hydroxylation is 1. The summed E-state index contributed by atoms with van der Waals surface area (Å²) in [6, 6.07) is 0. The molecule has 6 heteroatoms. The quantitative estimate of drug-likeness (QED) is 0.826. The molecule has 2 rings (SSSR count). The lowest BCUT2D eigenvalue weighted by atomic mass is 10.1. The Morgan fingerprint density at radius 2 is 2.45 bits per heavy atom. The molecule has 1 aliphatic heterocycles. The van der Waals surface area contributed by atoms with Gasteiger partial charge in [0.05, 0.1) is 11.9 Å². The molecular weight excluding hydrogens is 322 g/mol. The van der Waals surface area contributed by atoms with Crippen molar-refractivity contribution in [2.24, 2.45) is 5.92 Å². The van der Waals surface area contributed by atoms with E-state index < -0.39 is 0 Å². The first-order chi connectivity index (χ1) is 9.72. The van der Waals surface area contributed by atoms with Gasteiger partial charge < -0.3 is 10.1 Å². The maximum Gasteiger partial charge on any atom is 0.283 e. The maximum absolute atomic E-state index is 12.1. The zero-order valence-corrected chi connectivity index (χ0v) is 13.5. The third kappa shape index (κ3) is 4.06. The van der Waals surface area contributed by atoms with Gasteiger partial charge in [0.2, 0.25) is 0 Å². The molecule has 0 radical (unpaired) electrons. The van der Waals surface area contributed by atoms with Gasteiger partial charge in [-0.2, -0.15) is 5.10 Å². The van der Waals surface area contributed by atoms with E-state index in [0.29, 0.717) is 16.9 Å². The molecule has 1 aromatic rings. The average Bonchev–Trinajstić information content (AvgIpc) is 2.96. The van der Waals surface area contributed by atoms with E-state index in [9.17, 15) is 4.79 Å². The summed E-state index contributed by atoms with van der Waals surface area (Å²) in [5.74, 6) is 0.638. The molecule has 0 aliphatic carbocycles. The minimum Gasteiger partial charge on any atom is -0.383 e. The minimum absolute atomic E-state index is 0.0624. The largest absolute Gasteiger partial charge is 0.383 e. The lowest BCUT2D eigenvalue weighted by molar-refractivity contribution is 0.185. The van der Waals surface area contributed by atoms with Crippen LogP contribution in [0.25, 0.3) is 0 Å². The Morgan fingerprint density at radius 1 is 1.60 bits per heavy atom. The first kappa shape index (κ1) is 15.5. The topological polar surface area (TPSA) is 56.1 Å². The van der Waals surface area contributed by atoms with Gasteiger partial charge in [-0.05, 0) is 41.1 Å². The van der Waals surface area contributed by atoms with Crippen LogP contribution < -0.4 is 10.9 Å². The molecule has 0 aromatic carbocycles. The van der Waals surface area contributed by atoms with Gasteiger partial charge in [-0.3, -0.25) is 4.79 Å². The van der Waals surface area contributed by atoms with E-state index in [-0.39, 0.29) is 5.56 Å². The van der Waals surface area contributed by atoms with Crippen molar-refractivity contribution in [3.8, 4) is 0 Å². The van der Waals surface area contributed by atoms with E-state index in [1.54, 1.807) is 6.20 Å². The monoisotopic (exact) mass is 343 g/mol. The SMILES string of the molecule is CCCCn1ncc(NCCC2CCOC2)c(Br)c1=O. The average molecular weight is 344 g/mol. The molecule has 5 nitrogen and oxygen atoms in total. The van der Waals surface area contributed by atoms with Gasteiger partial charge >= 0.3 is 0 Å². The third-order valence-corrected chi connectivity index (χ3v) is 4.37. The van der Waals surface area contributed by atoms with Crippen molar-refractivity contribution < 1.29 is 4.74 Å². The molecule has 0 saturated carbocycles. The Bertz CT molecular complexity index is 484. The summed E-state index contributed by atoms with van der Waals surface area (Å²) in [7, 11) is 0. The molecular formula is C14H22BrN3O2. The van der Waals surface area contributed by atoms with Crippen LogP contribution in [-0.2, 0) is 11.3 Å². The number of unbranched alkanes of at least 4 members (excludes halogenated alkanes) is 1. The van der Waals surface area contributed by atoms with Crippen LogP contribution in [0.2, 0.25) is 0 Å². The van der Waals surface area contributed by atoms with Crippen LogP contribution in [0, 0.1) is 5.92 Å². The van der Waals surface area contributed by atoms with Gasteiger partial charge in [-0.25, -0.2) is 4.68 Å². The fraction of sp³-hybridized carbons (Fsp3) is 0.714. The number of ether oxygens (including phenoxy) is 1. The summed E-state index contributed by atoms with van der Waals surface area (Å²) in [4.78, 5) is 12.1. The van der Waals surface area contributed by atoms with Gasteiger partial charge in [-0.1, -0.05) is 13.3 Å². The van der Waals surface area contributed by atoms with Gasteiger partial charge in [0.25, 0.3) is 5.56 Å². The number of halogens is 1. The van der Waals surface area contributed by atoms with Crippen LogP contribution in [-0.4, -0.2) is 29.5 Å². The van der Waals surface area contributed by atoms with E-state index in [1.807, 2.05) is 0 Å². The highest BCUT2D eigenvalue weighted by atomic mass is 79.9. The third-order valence-electron chi connectivity index (χ3n) is 3.60. The van der Waals surface area contributed by atoms with Crippen molar-refractivity contribution in [3.05, 3.63) is 21.0 Å². The zero-order chi connectivity index (χ0) is 14.4. The predicted octanol–water partition coefficient (Wildman–Crippen LogP) is 2.64. The molecule has 1 unspecified atom stereocenters. The Kier molecular flexibility index (Phi) is 6.04. The highest BCUT2D eigenvalue weighted by Gasteiger charge is 2.15. The van der Waals surface area contributed by atoms with Crippen molar-refractivity contribution in [3.63, 3.8) is 0 Å². The lowest BCUT2D eigenvalue weighted by Gasteiger charge is -2.12. The van der Waals surface area contributed by atoms with Crippen LogP contribution >= 0.6 is 15.9 Å². The predicted molar refractivity (Wildman–Crippen MR) is 83.1 cm³/mol. The number of anilines is 1. The first-order valence-electron chi connectivity index (χ1n) is 7.29. The van der Waals surface area contributed by atoms with E-state index in [4.69, 9.17) is 4.74 Å². The number of nitrogens with one attached hydrogen (secondary N) is 1. The van der Waals surface area contributed by atoms with Crippen molar-refractivity contribution in [2.45, 2.75) is 39.2 Å². The summed E-state index contributed by atoms with van der Waals surface area (Å²) in [5, 5.41) is 7.50. The van der Waals surface area contributed by atoms with E-state index in [1.165, 1.54) is 4.68 Å². The first-order valence-corrected chi connectivity index (χ1v) is 8.09. The van der Waals surface area contributed by atoms with Gasteiger partial charge in [0.1, 0.15) is 4.47 Å². The summed E-state index contributed by atoms with van der Waals surface area (Å²) >= 11 is 3.38. The molecule has 1 N–H and O–H groups in total. The number of hydrogen-bond donors (Lipinski definition) is 1. The molecule has 1 atom stereocenters. The summed E-state index contributed by atoms with van der Waals surface area (Å²) in [6.45, 7) is 5.35. The second-order valence-corrected chi connectivity index (χ2v) is 5.99. The highest BCUT2D eigenvalue weighted by molar-refractivity contribution is 9.10. The van der Waals surface area contributed by atoms with E-state index >= 15 is 0 Å². The Morgan fingerprint density at radius 3 is 3.15 bits per heavy atom. The van der Waals surface area contributed by atoms with Gasteiger partial charge in [0.15, 0.2) is 0 Å². The molecule has 0 bridgehead atoms. The van der Waals surface area contributed by atoms with Crippen LogP contribution in [0.4, 0.5) is 5.69 Å². The fourth-order valence-electron chi connectivity index (χ4n) is 2.28. The maximum atomic E-state index is 12.1. The number of nitrogens with zero attached hydrogens (tertiary/aromatic N) is 2. The van der Waals surface area contributed by atoms with Crippen molar-refractivity contribution in [1.29, 1.82) is 0 Å². The molecule has 20 heavy (non-hydrogen) atoms. The highest BCUT2D eigenvalue weighted by Crippen LogP contribution is 2.19. The number of rotatable bonds is 7. The van der Waals surface area contributed by atoms with Crippen LogP contribution in [0.15, 0.2) is 15.5 Å². The molecule has 1 fully saturated rings. The number of hydrogen-bond acceptors (Lipinski definition) is 4. The minimum atomic E-state index is -0.0624. The van der Waals surface area contributed by atoms with Crippen LogP contribution in [0.1, 0.15) is 32.6 Å². The molecule has 1 aromatic heterocycles. The fourth-order valence-corrected chi connectivity index (χ4v) is 2.72. The van der Waals surface area contributed by atoms with E-state index in [0.717, 1.165) is 51.1 Å². The molecule has 112 valence electrons. The Balaban J connectivity index is 1.91. The second-order valence-electron chi connectivity index (χ2n) is 5.20. The molecule has 1 saturated heterocycles. The van der Waals surface area contributed by atoms with Crippen molar-refractivity contribution in [1.82, 2.24) is 9.78 Å². The Labute approximate surface area is 127 Å². The lowest BCUT2D eigenvalue weighted by Crippen LogP contribution is -2.25. The second kappa shape index (κ2) is 7.78. The van der Waals surface area contributed by atoms with Crippen LogP contribution in [0.3, 0.4) is 0 Å². The summed E-state index contributed by atoms with van der Waals surface area (Å²) in [6.07, 6.45) is 5.94. The molecule has 1 aliphatic rings.